The topological polar surface area (TPSA) is 21.1 Å². The molecular formula is C14H25N3. The summed E-state index contributed by atoms with van der Waals surface area (Å²) in [6.45, 7) is 7.44. The highest BCUT2D eigenvalue weighted by molar-refractivity contribution is 5.04. The van der Waals surface area contributed by atoms with Crippen LogP contribution < -0.4 is 0 Å². The highest BCUT2D eigenvalue weighted by Gasteiger charge is 2.37. The molecule has 17 heavy (non-hydrogen) atoms. The monoisotopic (exact) mass is 235 g/mol. The molecule has 2 aliphatic rings. The maximum Gasteiger partial charge on any atom is 0.0524 e. The Bertz CT molecular complexity index is 350. The molecule has 3 heteroatoms. The normalized spacial score (nSPS) is 22.8. The Kier molecular flexibility index (Phi) is 3.87. The van der Waals surface area contributed by atoms with Crippen LogP contribution in [0.1, 0.15) is 45.2 Å². The quantitative estimate of drug-likeness (QED) is 0.689. The molecule has 96 valence electrons. The average molecular weight is 235 g/mol. The first-order valence-electron chi connectivity index (χ1n) is 6.97. The van der Waals surface area contributed by atoms with Crippen molar-refractivity contribution in [2.45, 2.75) is 52.6 Å². The van der Waals surface area contributed by atoms with Crippen LogP contribution in [0.4, 0.5) is 0 Å². The van der Waals surface area contributed by atoms with Gasteiger partial charge in [-0.2, -0.15) is 5.10 Å². The van der Waals surface area contributed by atoms with Crippen molar-refractivity contribution in [3.05, 3.63) is 18.0 Å². The summed E-state index contributed by atoms with van der Waals surface area (Å²) < 4.78 is 2.23. The highest BCUT2D eigenvalue weighted by atomic mass is 15.3. The largest absolute Gasteiger partial charge is 0.300 e. The molecule has 3 nitrogen and oxygen atoms in total. The van der Waals surface area contributed by atoms with Crippen LogP contribution in [0.5, 0.6) is 0 Å². The second kappa shape index (κ2) is 5.21. The van der Waals surface area contributed by atoms with Crippen molar-refractivity contribution >= 4 is 0 Å². The Balaban J connectivity index is 0.000000514. The lowest BCUT2D eigenvalue weighted by molar-refractivity contribution is 0.166. The molecule has 0 radical (unpaired) electrons. The summed E-state index contributed by atoms with van der Waals surface area (Å²) in [5.41, 5.74) is 1.90. The van der Waals surface area contributed by atoms with Crippen LogP contribution in [-0.4, -0.2) is 28.3 Å². The molecule has 3 rings (SSSR count). The van der Waals surface area contributed by atoms with Crippen molar-refractivity contribution in [2.75, 3.05) is 13.6 Å². The lowest BCUT2D eigenvalue weighted by Gasteiger charge is -2.30. The average Bonchev–Trinajstić information content (AvgIpc) is 2.90. The number of fused-ring (bicyclic) bond motifs is 1. The third-order valence-corrected chi connectivity index (χ3v) is 3.99. The number of nitrogens with zero attached hydrogens (tertiary/aromatic N) is 3. The van der Waals surface area contributed by atoms with E-state index in [1.165, 1.54) is 37.9 Å². The maximum atomic E-state index is 4.46. The van der Waals surface area contributed by atoms with Gasteiger partial charge in [0.25, 0.3) is 0 Å². The summed E-state index contributed by atoms with van der Waals surface area (Å²) >= 11 is 0. The SMILES string of the molecule is CC.CN1Cc2ccnn2CC2(CCCC2)C1. The van der Waals surface area contributed by atoms with E-state index in [1.54, 1.807) is 0 Å². The molecule has 1 aromatic rings. The number of rotatable bonds is 0. The smallest absolute Gasteiger partial charge is 0.0524 e. The molecule has 0 saturated heterocycles. The molecule has 0 atom stereocenters. The van der Waals surface area contributed by atoms with Crippen molar-refractivity contribution in [2.24, 2.45) is 5.41 Å². The molecule has 0 unspecified atom stereocenters. The van der Waals surface area contributed by atoms with E-state index in [0.717, 1.165) is 13.1 Å². The van der Waals surface area contributed by atoms with Crippen LogP contribution in [0.15, 0.2) is 12.3 Å². The Morgan fingerprint density at radius 3 is 2.59 bits per heavy atom. The van der Waals surface area contributed by atoms with Crippen LogP contribution in [0.3, 0.4) is 0 Å². The summed E-state index contributed by atoms with van der Waals surface area (Å²) in [5.74, 6) is 0. The molecule has 1 aliphatic carbocycles. The molecule has 0 bridgehead atoms. The number of hydrogen-bond acceptors (Lipinski definition) is 2. The van der Waals surface area contributed by atoms with Crippen molar-refractivity contribution in [1.82, 2.24) is 14.7 Å². The fraction of sp³-hybridized carbons (Fsp3) is 0.786. The van der Waals surface area contributed by atoms with Gasteiger partial charge in [-0.05, 0) is 26.0 Å². The minimum absolute atomic E-state index is 0.520. The lowest BCUT2D eigenvalue weighted by Crippen LogP contribution is -2.33. The predicted octanol–water partition coefficient (Wildman–Crippen LogP) is 2.92. The van der Waals surface area contributed by atoms with Crippen LogP contribution in [-0.2, 0) is 13.1 Å². The zero-order valence-electron chi connectivity index (χ0n) is 11.4. The zero-order chi connectivity index (χ0) is 12.3. The Morgan fingerprint density at radius 2 is 1.88 bits per heavy atom. The van der Waals surface area contributed by atoms with E-state index >= 15 is 0 Å². The summed E-state index contributed by atoms with van der Waals surface area (Å²) in [7, 11) is 2.24. The van der Waals surface area contributed by atoms with E-state index in [9.17, 15) is 0 Å². The Hall–Kier alpha value is -0.830. The van der Waals surface area contributed by atoms with E-state index in [1.807, 2.05) is 20.0 Å². The van der Waals surface area contributed by atoms with Gasteiger partial charge in [-0.1, -0.05) is 26.7 Å². The van der Waals surface area contributed by atoms with Gasteiger partial charge in [-0.25, -0.2) is 0 Å². The minimum Gasteiger partial charge on any atom is -0.300 e. The third-order valence-electron chi connectivity index (χ3n) is 3.99. The lowest BCUT2D eigenvalue weighted by atomic mass is 9.86. The summed E-state index contributed by atoms with van der Waals surface area (Å²) in [6.07, 6.45) is 7.53. The van der Waals surface area contributed by atoms with Crippen LogP contribution in [0.25, 0.3) is 0 Å². The van der Waals surface area contributed by atoms with Gasteiger partial charge in [0.1, 0.15) is 0 Å². The minimum atomic E-state index is 0.520. The first kappa shape index (κ1) is 12.6. The van der Waals surface area contributed by atoms with Gasteiger partial charge in [0, 0.05) is 31.2 Å². The first-order valence-corrected chi connectivity index (χ1v) is 6.97. The Labute approximate surface area is 105 Å². The van der Waals surface area contributed by atoms with Gasteiger partial charge in [-0.15, -0.1) is 0 Å². The molecule has 1 spiro atoms. The number of aromatic nitrogens is 2. The van der Waals surface area contributed by atoms with E-state index in [4.69, 9.17) is 0 Å². The number of hydrogen-bond donors (Lipinski definition) is 0. The molecule has 2 heterocycles. The van der Waals surface area contributed by atoms with E-state index in [2.05, 4.69) is 27.8 Å². The second-order valence-corrected chi connectivity index (χ2v) is 5.36. The zero-order valence-corrected chi connectivity index (χ0v) is 11.4. The van der Waals surface area contributed by atoms with E-state index < -0.39 is 0 Å². The van der Waals surface area contributed by atoms with Gasteiger partial charge in [0.2, 0.25) is 0 Å². The molecule has 1 aliphatic heterocycles. The molecule has 1 saturated carbocycles. The van der Waals surface area contributed by atoms with Gasteiger partial charge in [-0.3, -0.25) is 9.58 Å². The van der Waals surface area contributed by atoms with Crippen molar-refractivity contribution in [1.29, 1.82) is 0 Å². The van der Waals surface area contributed by atoms with Crippen LogP contribution >= 0.6 is 0 Å². The van der Waals surface area contributed by atoms with Gasteiger partial charge < -0.3 is 0 Å². The highest BCUT2D eigenvalue weighted by Crippen LogP contribution is 2.41. The third kappa shape index (κ3) is 2.54. The fourth-order valence-electron chi connectivity index (χ4n) is 3.35. The van der Waals surface area contributed by atoms with E-state index in [-0.39, 0.29) is 0 Å². The predicted molar refractivity (Wildman–Crippen MR) is 70.8 cm³/mol. The summed E-state index contributed by atoms with van der Waals surface area (Å²) in [4.78, 5) is 2.46. The van der Waals surface area contributed by atoms with Gasteiger partial charge in [0.05, 0.1) is 5.69 Å². The standard InChI is InChI=1S/C12H19N3.C2H6/c1-14-8-11-4-7-13-15(11)10-12(9-14)5-2-3-6-12;1-2/h4,7H,2-3,5-6,8-10H2,1H3;1-2H3. The first-order chi connectivity index (χ1) is 8.27. The van der Waals surface area contributed by atoms with Gasteiger partial charge in [0.15, 0.2) is 0 Å². The summed E-state index contributed by atoms with van der Waals surface area (Å²) in [5, 5.41) is 4.46. The second-order valence-electron chi connectivity index (χ2n) is 5.36. The molecule has 0 amide bonds. The van der Waals surface area contributed by atoms with Crippen molar-refractivity contribution < 1.29 is 0 Å². The maximum absolute atomic E-state index is 4.46. The van der Waals surface area contributed by atoms with E-state index in [0.29, 0.717) is 5.41 Å². The van der Waals surface area contributed by atoms with Gasteiger partial charge >= 0.3 is 0 Å². The van der Waals surface area contributed by atoms with Crippen LogP contribution in [0.2, 0.25) is 0 Å². The van der Waals surface area contributed by atoms with Crippen molar-refractivity contribution in [3.63, 3.8) is 0 Å². The molecular weight excluding hydrogens is 210 g/mol. The molecule has 0 N–H and O–H groups in total. The molecule has 0 aromatic carbocycles. The Morgan fingerprint density at radius 1 is 1.18 bits per heavy atom. The molecule has 1 aromatic heterocycles. The summed E-state index contributed by atoms with van der Waals surface area (Å²) in [6, 6.07) is 2.16. The fourth-order valence-corrected chi connectivity index (χ4v) is 3.35. The van der Waals surface area contributed by atoms with Crippen molar-refractivity contribution in [3.8, 4) is 0 Å². The molecule has 1 fully saturated rings. The van der Waals surface area contributed by atoms with Crippen LogP contribution in [0, 0.1) is 5.41 Å².